The Balaban J connectivity index is 2.24. The third kappa shape index (κ3) is 2.83. The molecule has 0 aromatic heterocycles. The number of carbonyl (C=O) groups excluding carboxylic acids is 1. The third-order valence-electron chi connectivity index (χ3n) is 2.85. The Morgan fingerprint density at radius 2 is 2.33 bits per heavy atom. The molecule has 0 spiro atoms. The highest BCUT2D eigenvalue weighted by Gasteiger charge is 2.18. The molecule has 0 amide bonds. The molecule has 18 heavy (non-hydrogen) atoms. The van der Waals surface area contributed by atoms with Crippen LogP contribution in [0.4, 0.5) is 0 Å². The van der Waals surface area contributed by atoms with Gasteiger partial charge in [-0.1, -0.05) is 6.08 Å². The minimum atomic E-state index is -0.273. The smallest absolute Gasteiger partial charge is 0.335 e. The SMILES string of the molecule is CCOC(=O)C1=CC2=CCC/C(O)=C\C=C2NC1. The van der Waals surface area contributed by atoms with Gasteiger partial charge in [-0.05, 0) is 37.1 Å². The molecule has 0 bridgehead atoms. The molecule has 2 N–H and O–H groups in total. The average molecular weight is 247 g/mol. The van der Waals surface area contributed by atoms with E-state index in [1.807, 2.05) is 18.2 Å². The molecule has 0 radical (unpaired) electrons. The maximum atomic E-state index is 11.6. The van der Waals surface area contributed by atoms with Gasteiger partial charge < -0.3 is 15.2 Å². The minimum Gasteiger partial charge on any atom is -0.512 e. The van der Waals surface area contributed by atoms with Gasteiger partial charge in [0, 0.05) is 18.7 Å². The van der Waals surface area contributed by atoms with Crippen molar-refractivity contribution in [1.82, 2.24) is 5.32 Å². The lowest BCUT2D eigenvalue weighted by atomic mass is 9.99. The van der Waals surface area contributed by atoms with Crippen LogP contribution < -0.4 is 5.32 Å². The zero-order valence-electron chi connectivity index (χ0n) is 10.4. The van der Waals surface area contributed by atoms with Crippen LogP contribution >= 0.6 is 0 Å². The van der Waals surface area contributed by atoms with Gasteiger partial charge in [-0.3, -0.25) is 0 Å². The van der Waals surface area contributed by atoms with E-state index in [4.69, 9.17) is 4.74 Å². The molecule has 1 aliphatic heterocycles. The second-order valence-corrected chi connectivity index (χ2v) is 4.18. The van der Waals surface area contributed by atoms with Gasteiger partial charge in [-0.15, -0.1) is 0 Å². The van der Waals surface area contributed by atoms with E-state index in [0.717, 1.165) is 17.7 Å². The molecular formula is C14H17NO3. The van der Waals surface area contributed by atoms with Gasteiger partial charge in [0.15, 0.2) is 0 Å². The number of hydrogen-bond donors (Lipinski definition) is 2. The molecular weight excluding hydrogens is 230 g/mol. The first-order valence-corrected chi connectivity index (χ1v) is 6.12. The summed E-state index contributed by atoms with van der Waals surface area (Å²) >= 11 is 0. The van der Waals surface area contributed by atoms with E-state index >= 15 is 0 Å². The van der Waals surface area contributed by atoms with Crippen LogP contribution in [0, 0.1) is 0 Å². The highest BCUT2D eigenvalue weighted by atomic mass is 16.5. The van der Waals surface area contributed by atoms with Crippen LogP contribution in [-0.2, 0) is 9.53 Å². The van der Waals surface area contributed by atoms with E-state index in [9.17, 15) is 9.90 Å². The van der Waals surface area contributed by atoms with Gasteiger partial charge in [0.05, 0.1) is 17.9 Å². The first kappa shape index (κ1) is 12.5. The number of allylic oxidation sites excluding steroid dienone is 5. The molecule has 0 atom stereocenters. The number of aliphatic hydroxyl groups is 1. The number of esters is 1. The fourth-order valence-corrected chi connectivity index (χ4v) is 1.93. The van der Waals surface area contributed by atoms with Crippen molar-refractivity contribution in [2.24, 2.45) is 0 Å². The fourth-order valence-electron chi connectivity index (χ4n) is 1.93. The van der Waals surface area contributed by atoms with Crippen molar-refractivity contribution in [3.63, 3.8) is 0 Å². The zero-order valence-corrected chi connectivity index (χ0v) is 10.4. The largest absolute Gasteiger partial charge is 0.512 e. The average Bonchev–Trinajstić information content (AvgIpc) is 2.35. The van der Waals surface area contributed by atoms with Gasteiger partial charge in [0.25, 0.3) is 0 Å². The Labute approximate surface area is 106 Å². The molecule has 0 aromatic carbocycles. The number of rotatable bonds is 2. The van der Waals surface area contributed by atoms with E-state index in [-0.39, 0.29) is 5.97 Å². The number of nitrogens with one attached hydrogen (secondary N) is 1. The third-order valence-corrected chi connectivity index (χ3v) is 2.85. The van der Waals surface area contributed by atoms with Crippen molar-refractivity contribution in [3.8, 4) is 0 Å². The summed E-state index contributed by atoms with van der Waals surface area (Å²) in [5, 5.41) is 12.7. The van der Waals surface area contributed by atoms with Crippen molar-refractivity contribution < 1.29 is 14.6 Å². The number of carbonyl (C=O) groups is 1. The molecule has 2 aliphatic rings. The van der Waals surface area contributed by atoms with Gasteiger partial charge in [-0.25, -0.2) is 4.79 Å². The van der Waals surface area contributed by atoms with Crippen LogP contribution in [0.25, 0.3) is 0 Å². The number of hydrogen-bond acceptors (Lipinski definition) is 4. The lowest BCUT2D eigenvalue weighted by molar-refractivity contribution is -0.138. The Morgan fingerprint density at radius 1 is 1.50 bits per heavy atom. The van der Waals surface area contributed by atoms with E-state index in [2.05, 4.69) is 5.32 Å². The summed E-state index contributed by atoms with van der Waals surface area (Å²) in [4.78, 5) is 11.6. The monoisotopic (exact) mass is 247 g/mol. The standard InChI is InChI=1S/C14H17NO3/c1-2-18-14(17)11-8-10-4-3-5-12(16)6-7-13(10)15-9-11/h4,6-8,15-16H,2-3,5,9H2,1H3/b10-4?,12-6+,13-7?. The quantitative estimate of drug-likeness (QED) is 0.734. The fraction of sp³-hybridized carbons (Fsp3) is 0.357. The first-order valence-electron chi connectivity index (χ1n) is 6.12. The van der Waals surface area contributed by atoms with Crippen molar-refractivity contribution in [1.29, 1.82) is 0 Å². The van der Waals surface area contributed by atoms with E-state index in [0.29, 0.717) is 30.9 Å². The topological polar surface area (TPSA) is 58.6 Å². The second kappa shape index (κ2) is 5.58. The molecule has 4 nitrogen and oxygen atoms in total. The predicted molar refractivity (Wildman–Crippen MR) is 68.8 cm³/mol. The summed E-state index contributed by atoms with van der Waals surface area (Å²) < 4.78 is 4.99. The zero-order chi connectivity index (χ0) is 13.0. The van der Waals surface area contributed by atoms with Gasteiger partial charge >= 0.3 is 5.97 Å². The highest BCUT2D eigenvalue weighted by molar-refractivity contribution is 5.90. The summed E-state index contributed by atoms with van der Waals surface area (Å²) in [6.45, 7) is 2.63. The van der Waals surface area contributed by atoms with Crippen LogP contribution in [0.15, 0.2) is 46.9 Å². The molecule has 1 aliphatic carbocycles. The predicted octanol–water partition coefficient (Wildman–Crippen LogP) is 2.13. The van der Waals surface area contributed by atoms with Crippen LogP contribution in [0.1, 0.15) is 19.8 Å². The lowest BCUT2D eigenvalue weighted by Gasteiger charge is -2.20. The molecule has 1 heterocycles. The normalized spacial score (nSPS) is 21.8. The minimum absolute atomic E-state index is 0.273. The van der Waals surface area contributed by atoms with Crippen molar-refractivity contribution in [3.05, 3.63) is 46.9 Å². The molecule has 4 heteroatoms. The van der Waals surface area contributed by atoms with Gasteiger partial charge in [0.2, 0.25) is 0 Å². The van der Waals surface area contributed by atoms with E-state index in [1.165, 1.54) is 0 Å². The molecule has 0 aromatic rings. The Hall–Kier alpha value is -1.97. The van der Waals surface area contributed by atoms with Crippen molar-refractivity contribution >= 4 is 5.97 Å². The Morgan fingerprint density at radius 3 is 3.11 bits per heavy atom. The van der Waals surface area contributed by atoms with Gasteiger partial charge in [-0.2, -0.15) is 0 Å². The summed E-state index contributed by atoms with van der Waals surface area (Å²) in [5.41, 5.74) is 2.54. The van der Waals surface area contributed by atoms with E-state index < -0.39 is 0 Å². The molecule has 2 rings (SSSR count). The number of aliphatic hydroxyl groups excluding tert-OH is 1. The number of fused-ring (bicyclic) bond motifs is 1. The summed E-state index contributed by atoms with van der Waals surface area (Å²) in [6, 6.07) is 0. The molecule has 0 saturated carbocycles. The van der Waals surface area contributed by atoms with Crippen LogP contribution in [-0.4, -0.2) is 24.2 Å². The van der Waals surface area contributed by atoms with Crippen LogP contribution in [0.5, 0.6) is 0 Å². The summed E-state index contributed by atoms with van der Waals surface area (Å²) in [5.74, 6) is 0.102. The van der Waals surface area contributed by atoms with Gasteiger partial charge in [0.1, 0.15) is 0 Å². The summed E-state index contributed by atoms with van der Waals surface area (Å²) in [7, 11) is 0. The first-order chi connectivity index (χ1) is 8.70. The molecule has 96 valence electrons. The maximum absolute atomic E-state index is 11.6. The van der Waals surface area contributed by atoms with Crippen molar-refractivity contribution in [2.45, 2.75) is 19.8 Å². The molecule has 0 fully saturated rings. The highest BCUT2D eigenvalue weighted by Crippen LogP contribution is 2.21. The van der Waals surface area contributed by atoms with Crippen LogP contribution in [0.2, 0.25) is 0 Å². The molecule has 0 unspecified atom stereocenters. The molecule has 0 saturated heterocycles. The summed E-state index contributed by atoms with van der Waals surface area (Å²) in [6.07, 6.45) is 8.77. The van der Waals surface area contributed by atoms with Crippen molar-refractivity contribution in [2.75, 3.05) is 13.2 Å². The maximum Gasteiger partial charge on any atom is 0.335 e. The Kier molecular flexibility index (Phi) is 3.87. The van der Waals surface area contributed by atoms with Crippen LogP contribution in [0.3, 0.4) is 0 Å². The number of ether oxygens (including phenoxy) is 1. The second-order valence-electron chi connectivity index (χ2n) is 4.18. The lowest BCUT2D eigenvalue weighted by Crippen LogP contribution is -2.27. The van der Waals surface area contributed by atoms with E-state index in [1.54, 1.807) is 13.0 Å². The Bertz CT molecular complexity index is 469.